The zero-order chi connectivity index (χ0) is 33.7. The first kappa shape index (κ1) is 32.4. The number of carbonyl (C=O) groups is 4. The quantitative estimate of drug-likeness (QED) is 0.234. The molecule has 0 saturated carbocycles. The Morgan fingerprint density at radius 3 is 2.37 bits per heavy atom. The van der Waals surface area contributed by atoms with Gasteiger partial charge < -0.3 is 14.6 Å². The molecule has 1 aromatic heterocycles. The van der Waals surface area contributed by atoms with E-state index in [-0.39, 0.29) is 38.1 Å². The van der Waals surface area contributed by atoms with Crippen LogP contribution < -0.4 is 16.0 Å². The Morgan fingerprint density at radius 2 is 1.76 bits per heavy atom. The number of rotatable bonds is 7. The summed E-state index contributed by atoms with van der Waals surface area (Å²) in [5, 5.41) is 2.38. The van der Waals surface area contributed by atoms with Crippen molar-refractivity contribution < 1.29 is 41.2 Å². The van der Waals surface area contributed by atoms with Crippen LogP contribution in [0, 0.1) is 11.7 Å². The van der Waals surface area contributed by atoms with Gasteiger partial charge in [0.05, 0.1) is 22.3 Å². The van der Waals surface area contributed by atoms with Crippen LogP contribution in [0.5, 0.6) is 0 Å². The second kappa shape index (κ2) is 11.8. The molecule has 0 aliphatic carbocycles. The van der Waals surface area contributed by atoms with E-state index in [0.29, 0.717) is 29.4 Å². The van der Waals surface area contributed by atoms with E-state index in [1.165, 1.54) is 33.6 Å². The first-order valence-electron chi connectivity index (χ1n) is 14.4. The highest BCUT2D eigenvalue weighted by Crippen LogP contribution is 2.41. The fourth-order valence-electron chi connectivity index (χ4n) is 6.02. The second-order valence-electron chi connectivity index (χ2n) is 11.6. The Labute approximate surface area is 260 Å². The first-order chi connectivity index (χ1) is 21.6. The number of likely N-dealkylation sites (tertiary alicyclic amines) is 1. The summed E-state index contributed by atoms with van der Waals surface area (Å²) >= 11 is 0. The number of aromatic nitrogens is 1. The van der Waals surface area contributed by atoms with Crippen LogP contribution in [-0.2, 0) is 22.3 Å². The van der Waals surface area contributed by atoms with Gasteiger partial charge in [0.15, 0.2) is 5.58 Å². The number of amides is 5. The van der Waals surface area contributed by atoms with Crippen molar-refractivity contribution in [3.05, 3.63) is 76.5 Å². The smallest absolute Gasteiger partial charge is 0.408 e. The minimum Gasteiger partial charge on any atom is -0.408 e. The SMILES string of the molecule is C=CCn1c(=O)oc2cc(N3C(=O)N(C)C(=O)C34CCN(C(=O)[C@H](NC(=O)c3cc(C(F)(F)F)ccc3F)C(C)C)CC4)ccc21. The van der Waals surface area contributed by atoms with Crippen molar-refractivity contribution in [3.8, 4) is 0 Å². The third kappa shape index (κ3) is 5.43. The number of allylic oxidation sites excluding steroid dienone is 1. The molecule has 3 aromatic rings. The van der Waals surface area contributed by atoms with Crippen LogP contribution in [0.1, 0.15) is 42.6 Å². The van der Waals surface area contributed by atoms with Crippen LogP contribution in [0.15, 0.2) is 58.3 Å². The Bertz CT molecular complexity index is 1800. The van der Waals surface area contributed by atoms with Crippen LogP contribution in [-0.4, -0.2) is 69.8 Å². The number of alkyl halides is 3. The van der Waals surface area contributed by atoms with E-state index >= 15 is 0 Å². The number of nitrogens with one attached hydrogen (secondary N) is 1. The summed E-state index contributed by atoms with van der Waals surface area (Å²) in [5.41, 5.74) is -2.44. The van der Waals surface area contributed by atoms with Gasteiger partial charge in [-0.25, -0.2) is 14.0 Å². The first-order valence-corrected chi connectivity index (χ1v) is 14.4. The van der Waals surface area contributed by atoms with Crippen LogP contribution in [0.4, 0.5) is 28.0 Å². The van der Waals surface area contributed by atoms with Gasteiger partial charge in [0.2, 0.25) is 5.91 Å². The summed E-state index contributed by atoms with van der Waals surface area (Å²) < 4.78 is 60.7. The lowest BCUT2D eigenvalue weighted by Crippen LogP contribution is -2.60. The number of hydrogen-bond donors (Lipinski definition) is 1. The third-order valence-corrected chi connectivity index (χ3v) is 8.49. The van der Waals surface area contributed by atoms with Gasteiger partial charge in [-0.2, -0.15) is 13.2 Å². The number of likely N-dealkylation sites (N-methyl/N-ethyl adjacent to an activating group) is 1. The molecular weight excluding hydrogens is 614 g/mol. The van der Waals surface area contributed by atoms with Gasteiger partial charge in [0.1, 0.15) is 17.4 Å². The second-order valence-corrected chi connectivity index (χ2v) is 11.6. The van der Waals surface area contributed by atoms with E-state index in [4.69, 9.17) is 4.42 Å². The molecule has 2 aliphatic heterocycles. The molecule has 0 radical (unpaired) electrons. The average Bonchev–Trinajstić information content (AvgIpc) is 3.40. The van der Waals surface area contributed by atoms with Crippen molar-refractivity contribution in [2.24, 2.45) is 5.92 Å². The number of oxazole rings is 1. The highest BCUT2D eigenvalue weighted by atomic mass is 19.4. The number of fused-ring (bicyclic) bond motifs is 1. The Balaban J connectivity index is 1.37. The summed E-state index contributed by atoms with van der Waals surface area (Å²) in [6.07, 6.45) is -3.23. The number of urea groups is 1. The van der Waals surface area contributed by atoms with Crippen LogP contribution >= 0.6 is 0 Å². The Morgan fingerprint density at radius 1 is 1.09 bits per heavy atom. The molecule has 5 amide bonds. The lowest BCUT2D eigenvalue weighted by Gasteiger charge is -2.43. The minimum absolute atomic E-state index is 0.00770. The van der Waals surface area contributed by atoms with Crippen LogP contribution in [0.2, 0.25) is 0 Å². The molecule has 244 valence electrons. The van der Waals surface area contributed by atoms with E-state index < -0.39 is 70.1 Å². The minimum atomic E-state index is -4.81. The van der Waals surface area contributed by atoms with Gasteiger partial charge in [0.25, 0.3) is 11.8 Å². The van der Waals surface area contributed by atoms with Gasteiger partial charge in [-0.3, -0.25) is 28.8 Å². The number of nitrogens with zero attached hydrogens (tertiary/aromatic N) is 4. The maximum Gasteiger partial charge on any atom is 0.420 e. The standard InChI is InChI=1S/C31H31F4N5O6/c1-5-12-39-22-9-7-19(16-23(22)46-29(39)45)40-28(44)37(4)27(43)30(40)10-13-38(14-11-30)26(42)24(17(2)3)36-25(41)20-15-18(31(33,34)35)6-8-21(20)32/h5-9,15-17,24H,1,10-14H2,2-4H3,(H,36,41)/t24-/m1/s1. The molecule has 0 bridgehead atoms. The maximum absolute atomic E-state index is 14.4. The number of halogens is 4. The molecule has 2 aromatic carbocycles. The monoisotopic (exact) mass is 645 g/mol. The molecule has 2 aliphatic rings. The van der Waals surface area contributed by atoms with Crippen molar-refractivity contribution in [1.82, 2.24) is 19.7 Å². The van der Waals surface area contributed by atoms with Gasteiger partial charge in [-0.15, -0.1) is 6.58 Å². The zero-order valence-electron chi connectivity index (χ0n) is 25.2. The van der Waals surface area contributed by atoms with E-state index in [2.05, 4.69) is 11.9 Å². The topological polar surface area (TPSA) is 125 Å². The van der Waals surface area contributed by atoms with E-state index in [1.807, 2.05) is 0 Å². The number of imide groups is 1. The normalized spacial score (nSPS) is 17.3. The largest absolute Gasteiger partial charge is 0.420 e. The number of hydrogen-bond acceptors (Lipinski definition) is 6. The van der Waals surface area contributed by atoms with E-state index in [0.717, 1.165) is 4.90 Å². The summed E-state index contributed by atoms with van der Waals surface area (Å²) in [6, 6.07) is 4.32. The fourth-order valence-corrected chi connectivity index (χ4v) is 6.02. The molecule has 2 fully saturated rings. The van der Waals surface area contributed by atoms with Crippen LogP contribution in [0.25, 0.3) is 11.1 Å². The molecule has 15 heteroatoms. The molecule has 2 saturated heterocycles. The Hall–Kier alpha value is -4.95. The van der Waals surface area contributed by atoms with Crippen molar-refractivity contribution in [1.29, 1.82) is 0 Å². The third-order valence-electron chi connectivity index (χ3n) is 8.49. The summed E-state index contributed by atoms with van der Waals surface area (Å²) in [6.45, 7) is 7.05. The van der Waals surface area contributed by atoms with E-state index in [1.54, 1.807) is 26.0 Å². The number of benzene rings is 2. The summed E-state index contributed by atoms with van der Waals surface area (Å²) in [4.78, 5) is 69.5. The molecular formula is C31H31F4N5O6. The number of carbonyl (C=O) groups excluding carboxylic acids is 4. The molecule has 11 nitrogen and oxygen atoms in total. The zero-order valence-corrected chi connectivity index (χ0v) is 25.2. The molecule has 1 N–H and O–H groups in total. The van der Waals surface area contributed by atoms with Crippen molar-refractivity contribution in [3.63, 3.8) is 0 Å². The molecule has 0 unspecified atom stereocenters. The number of anilines is 1. The van der Waals surface area contributed by atoms with Gasteiger partial charge in [0, 0.05) is 32.7 Å². The number of piperidine rings is 1. The average molecular weight is 646 g/mol. The van der Waals surface area contributed by atoms with Gasteiger partial charge in [-0.05, 0) is 49.1 Å². The van der Waals surface area contributed by atoms with Crippen molar-refractivity contribution in [2.45, 2.75) is 51.0 Å². The highest BCUT2D eigenvalue weighted by Gasteiger charge is 2.58. The highest BCUT2D eigenvalue weighted by molar-refractivity contribution is 6.17. The van der Waals surface area contributed by atoms with Crippen LogP contribution in [0.3, 0.4) is 0 Å². The van der Waals surface area contributed by atoms with Gasteiger partial charge >= 0.3 is 18.0 Å². The Kier molecular flexibility index (Phi) is 8.30. The summed E-state index contributed by atoms with van der Waals surface area (Å²) in [7, 11) is 1.35. The molecule has 46 heavy (non-hydrogen) atoms. The van der Waals surface area contributed by atoms with Gasteiger partial charge in [-0.1, -0.05) is 19.9 Å². The fraction of sp³-hybridized carbons (Fsp3) is 0.387. The molecule has 3 heterocycles. The predicted octanol–water partition coefficient (Wildman–Crippen LogP) is 4.15. The lowest BCUT2D eigenvalue weighted by molar-refractivity contribution is -0.139. The van der Waals surface area contributed by atoms with Crippen molar-refractivity contribution in [2.75, 3.05) is 25.0 Å². The molecule has 5 rings (SSSR count). The maximum atomic E-state index is 14.4. The van der Waals surface area contributed by atoms with Crippen molar-refractivity contribution >= 4 is 40.5 Å². The summed E-state index contributed by atoms with van der Waals surface area (Å²) in [5.74, 6) is -4.57. The lowest BCUT2D eigenvalue weighted by atomic mass is 9.85. The molecule has 1 atom stereocenters. The predicted molar refractivity (Wildman–Crippen MR) is 157 cm³/mol. The van der Waals surface area contributed by atoms with E-state index in [9.17, 15) is 41.5 Å². The molecule has 1 spiro atoms.